The molecule has 9 nitrogen and oxygen atoms in total. The van der Waals surface area contributed by atoms with E-state index in [0.29, 0.717) is 22.1 Å². The minimum Gasteiger partial charge on any atom is -0.492 e. The molecule has 1 fully saturated rings. The SMILES string of the molecule is O=C(Cc1cccs1)NC1C(=O)N2C(C(=O)O)=C(CSc3ccc(O)nn3)CS[C@@H]12. The molecule has 4 rings (SSSR count). The lowest BCUT2D eigenvalue weighted by atomic mass is 10.0. The summed E-state index contributed by atoms with van der Waals surface area (Å²) in [6, 6.07) is 5.96. The Morgan fingerprint density at radius 1 is 1.30 bits per heavy atom. The van der Waals surface area contributed by atoms with Crippen LogP contribution in [-0.2, 0) is 20.8 Å². The lowest BCUT2D eigenvalue weighted by molar-refractivity contribution is -0.150. The third-order valence-electron chi connectivity index (χ3n) is 4.50. The van der Waals surface area contributed by atoms with Crippen molar-refractivity contribution in [3.05, 3.63) is 45.8 Å². The average Bonchev–Trinajstić information content (AvgIpc) is 3.23. The van der Waals surface area contributed by atoms with E-state index in [1.165, 1.54) is 45.8 Å². The monoisotopic (exact) mass is 464 g/mol. The lowest BCUT2D eigenvalue weighted by Gasteiger charge is -2.49. The van der Waals surface area contributed by atoms with Crippen molar-refractivity contribution in [1.82, 2.24) is 20.4 Å². The fourth-order valence-electron chi connectivity index (χ4n) is 3.14. The zero-order chi connectivity index (χ0) is 21.3. The van der Waals surface area contributed by atoms with E-state index in [-0.39, 0.29) is 23.9 Å². The molecule has 0 bridgehead atoms. The Bertz CT molecular complexity index is 1010. The number of aliphatic carboxylic acids is 1. The number of rotatable bonds is 7. The van der Waals surface area contributed by atoms with Gasteiger partial charge in [-0.2, -0.15) is 0 Å². The number of hydrogen-bond acceptors (Lipinski definition) is 9. The van der Waals surface area contributed by atoms with E-state index in [4.69, 9.17) is 0 Å². The van der Waals surface area contributed by atoms with Gasteiger partial charge in [0.05, 0.1) is 6.42 Å². The first-order valence-corrected chi connectivity index (χ1v) is 11.7. The second-order valence-corrected chi connectivity index (χ2v) is 9.62. The van der Waals surface area contributed by atoms with Crippen LogP contribution in [0.5, 0.6) is 5.88 Å². The number of carbonyl (C=O) groups excluding carboxylic acids is 2. The molecule has 2 atom stereocenters. The average molecular weight is 465 g/mol. The molecule has 0 saturated carbocycles. The first kappa shape index (κ1) is 20.7. The number of β-lactam (4-membered cyclic amide) rings is 1. The number of thiophene rings is 1. The first-order chi connectivity index (χ1) is 14.4. The molecule has 4 heterocycles. The molecule has 156 valence electrons. The maximum atomic E-state index is 12.7. The fourth-order valence-corrected chi connectivity index (χ4v) is 6.14. The number of fused-ring (bicyclic) bond motifs is 1. The minimum absolute atomic E-state index is 0.0354. The van der Waals surface area contributed by atoms with Crippen LogP contribution >= 0.6 is 34.9 Å². The van der Waals surface area contributed by atoms with Gasteiger partial charge in [-0.25, -0.2) is 4.79 Å². The van der Waals surface area contributed by atoms with Crippen LogP contribution in [0.4, 0.5) is 0 Å². The summed E-state index contributed by atoms with van der Waals surface area (Å²) in [5, 5.41) is 31.0. The van der Waals surface area contributed by atoms with Gasteiger partial charge in [0.1, 0.15) is 22.1 Å². The Balaban J connectivity index is 1.43. The van der Waals surface area contributed by atoms with E-state index in [1.807, 2.05) is 17.5 Å². The zero-order valence-corrected chi connectivity index (χ0v) is 17.8. The molecule has 0 radical (unpaired) electrons. The van der Waals surface area contributed by atoms with Crippen molar-refractivity contribution in [2.24, 2.45) is 0 Å². The Morgan fingerprint density at radius 3 is 2.80 bits per heavy atom. The van der Waals surface area contributed by atoms with E-state index in [2.05, 4.69) is 15.5 Å². The third kappa shape index (κ3) is 4.16. The molecule has 1 unspecified atom stereocenters. The van der Waals surface area contributed by atoms with E-state index in [9.17, 15) is 24.6 Å². The quantitative estimate of drug-likeness (QED) is 0.410. The molecule has 1 saturated heterocycles. The summed E-state index contributed by atoms with van der Waals surface area (Å²) >= 11 is 4.16. The highest BCUT2D eigenvalue weighted by atomic mass is 32.2. The highest BCUT2D eigenvalue weighted by molar-refractivity contribution is 8.01. The molecular formula is C18H16N4O5S3. The van der Waals surface area contributed by atoms with Gasteiger partial charge in [-0.15, -0.1) is 45.1 Å². The number of hydrogen-bond donors (Lipinski definition) is 3. The summed E-state index contributed by atoms with van der Waals surface area (Å²) in [5.74, 6) is -1.31. The Hall–Kier alpha value is -2.57. The van der Waals surface area contributed by atoms with Crippen molar-refractivity contribution in [1.29, 1.82) is 0 Å². The maximum absolute atomic E-state index is 12.7. The summed E-state index contributed by atoms with van der Waals surface area (Å²) in [7, 11) is 0. The van der Waals surface area contributed by atoms with Gasteiger partial charge in [-0.1, -0.05) is 6.07 Å². The van der Waals surface area contributed by atoms with Crippen molar-refractivity contribution in [2.45, 2.75) is 22.9 Å². The molecule has 2 aliphatic rings. The normalized spacial score (nSPS) is 20.5. The number of thioether (sulfide) groups is 2. The number of amides is 2. The molecule has 2 aromatic rings. The topological polar surface area (TPSA) is 133 Å². The molecule has 0 spiro atoms. The van der Waals surface area contributed by atoms with Gasteiger partial charge in [0.15, 0.2) is 0 Å². The van der Waals surface area contributed by atoms with Gasteiger partial charge < -0.3 is 15.5 Å². The van der Waals surface area contributed by atoms with E-state index >= 15 is 0 Å². The molecule has 0 aliphatic carbocycles. The molecule has 2 aliphatic heterocycles. The Labute approximate surface area is 183 Å². The van der Waals surface area contributed by atoms with E-state index in [1.54, 1.807) is 6.07 Å². The lowest BCUT2D eigenvalue weighted by Crippen LogP contribution is -2.70. The van der Waals surface area contributed by atoms with Gasteiger partial charge in [-0.3, -0.25) is 14.5 Å². The van der Waals surface area contributed by atoms with Crippen LogP contribution in [-0.4, -0.2) is 66.0 Å². The van der Waals surface area contributed by atoms with Crippen molar-refractivity contribution in [2.75, 3.05) is 11.5 Å². The highest BCUT2D eigenvalue weighted by Gasteiger charge is 2.54. The van der Waals surface area contributed by atoms with Gasteiger partial charge in [0.2, 0.25) is 11.8 Å². The summed E-state index contributed by atoms with van der Waals surface area (Å²) in [5.41, 5.74) is 0.562. The number of nitrogens with one attached hydrogen (secondary N) is 1. The van der Waals surface area contributed by atoms with Crippen molar-refractivity contribution in [3.8, 4) is 5.88 Å². The first-order valence-electron chi connectivity index (χ1n) is 8.81. The number of nitrogens with zero attached hydrogens (tertiary/aromatic N) is 3. The van der Waals surface area contributed by atoms with Crippen LogP contribution < -0.4 is 5.32 Å². The zero-order valence-electron chi connectivity index (χ0n) is 15.3. The molecule has 0 aromatic carbocycles. The van der Waals surface area contributed by atoms with E-state index in [0.717, 1.165) is 4.88 Å². The second kappa shape index (κ2) is 8.66. The van der Waals surface area contributed by atoms with Crippen LogP contribution in [0.3, 0.4) is 0 Å². The van der Waals surface area contributed by atoms with Gasteiger partial charge >= 0.3 is 5.97 Å². The maximum Gasteiger partial charge on any atom is 0.352 e. The highest BCUT2D eigenvalue weighted by Crippen LogP contribution is 2.41. The summed E-state index contributed by atoms with van der Waals surface area (Å²) in [4.78, 5) is 38.9. The van der Waals surface area contributed by atoms with Crippen LogP contribution in [0.1, 0.15) is 4.88 Å². The van der Waals surface area contributed by atoms with E-state index < -0.39 is 23.3 Å². The molecule has 3 N–H and O–H groups in total. The molecule has 12 heteroatoms. The predicted molar refractivity (Wildman–Crippen MR) is 112 cm³/mol. The molecule has 2 aromatic heterocycles. The number of aromatic nitrogens is 2. The second-order valence-electron chi connectivity index (χ2n) is 6.49. The van der Waals surface area contributed by atoms with Gasteiger partial charge in [0.25, 0.3) is 5.91 Å². The fraction of sp³-hybridized carbons (Fsp3) is 0.278. The summed E-state index contributed by atoms with van der Waals surface area (Å²) in [6.07, 6.45) is 0.190. The van der Waals surface area contributed by atoms with Crippen LogP contribution in [0.25, 0.3) is 0 Å². The Morgan fingerprint density at radius 2 is 2.13 bits per heavy atom. The minimum atomic E-state index is -1.18. The van der Waals surface area contributed by atoms with Crippen LogP contribution in [0.15, 0.2) is 45.9 Å². The predicted octanol–water partition coefficient (Wildman–Crippen LogP) is 1.32. The third-order valence-corrected chi connectivity index (χ3v) is 7.72. The largest absolute Gasteiger partial charge is 0.492 e. The molecule has 2 amide bonds. The Kier molecular flexibility index (Phi) is 5.97. The van der Waals surface area contributed by atoms with Crippen molar-refractivity contribution < 1.29 is 24.6 Å². The summed E-state index contributed by atoms with van der Waals surface area (Å²) < 4.78 is 0. The smallest absolute Gasteiger partial charge is 0.352 e. The molecular weight excluding hydrogens is 448 g/mol. The van der Waals surface area contributed by atoms with Gasteiger partial charge in [0, 0.05) is 22.4 Å². The van der Waals surface area contributed by atoms with Gasteiger partial charge in [-0.05, 0) is 23.1 Å². The standard InChI is InChI=1S/C18H16N4O5S3/c23-11-3-4-13(21-20-11)29-7-9-8-30-17-14(16(25)22(17)15(9)18(26)27)19-12(24)6-10-2-1-5-28-10/h1-5,14,17H,6-8H2,(H,19,24)(H,20,23)(H,26,27)/t14?,17-/m0/s1. The summed E-state index contributed by atoms with van der Waals surface area (Å²) in [6.45, 7) is 0. The van der Waals surface area contributed by atoms with Crippen molar-refractivity contribution in [3.63, 3.8) is 0 Å². The number of carboxylic acids is 1. The van der Waals surface area contributed by atoms with Crippen LogP contribution in [0.2, 0.25) is 0 Å². The number of aromatic hydroxyl groups is 1. The van der Waals surface area contributed by atoms with Crippen LogP contribution in [0, 0.1) is 0 Å². The number of carboxylic acid groups (broad SMARTS) is 1. The van der Waals surface area contributed by atoms with Crippen molar-refractivity contribution >= 4 is 52.6 Å². The molecule has 30 heavy (non-hydrogen) atoms. The number of carbonyl (C=O) groups is 3.